The van der Waals surface area contributed by atoms with Crippen LogP contribution in [0.15, 0.2) is 107 Å². The van der Waals surface area contributed by atoms with Crippen molar-refractivity contribution in [1.29, 1.82) is 0 Å². The average molecular weight is 799 g/mol. The highest BCUT2D eigenvalue weighted by molar-refractivity contribution is 7.86. The Morgan fingerprint density at radius 3 is 1.20 bits per heavy atom. The number of amides is 4. The topological polar surface area (TPSA) is 266 Å². The summed E-state index contributed by atoms with van der Waals surface area (Å²) in [5, 5.41) is 31.3. The van der Waals surface area contributed by atoms with E-state index in [-0.39, 0.29) is 66.9 Å². The Morgan fingerprint density at radius 2 is 0.839 bits per heavy atom. The van der Waals surface area contributed by atoms with Crippen molar-refractivity contribution >= 4 is 88.2 Å². The van der Waals surface area contributed by atoms with E-state index < -0.39 is 53.7 Å². The molecule has 0 unspecified atom stereocenters. The number of rotatable bonds is 8. The first-order valence-electron chi connectivity index (χ1n) is 16.2. The number of aryl methyl sites for hydroxylation is 2. The van der Waals surface area contributed by atoms with Crippen LogP contribution in [0.4, 0.5) is 22.7 Å². The van der Waals surface area contributed by atoms with Crippen molar-refractivity contribution in [2.24, 2.45) is 0 Å². The molecule has 0 radical (unpaired) electrons. The molecule has 0 bridgehead atoms. The van der Waals surface area contributed by atoms with Gasteiger partial charge in [-0.15, -0.1) is 0 Å². The molecule has 0 aliphatic carbocycles. The van der Waals surface area contributed by atoms with E-state index in [2.05, 4.69) is 21.3 Å². The fourth-order valence-corrected chi connectivity index (χ4v) is 6.82. The zero-order chi connectivity index (χ0) is 40.7. The molecule has 0 aliphatic heterocycles. The third-order valence-corrected chi connectivity index (χ3v) is 10.4. The number of benzene rings is 6. The first-order chi connectivity index (χ1) is 26.3. The van der Waals surface area contributed by atoms with Crippen LogP contribution in [0.3, 0.4) is 0 Å². The third-order valence-electron chi connectivity index (χ3n) is 8.71. The van der Waals surface area contributed by atoms with Crippen LogP contribution in [0.2, 0.25) is 0 Å². The van der Waals surface area contributed by atoms with Crippen LogP contribution in [-0.2, 0) is 29.8 Å². The lowest BCUT2D eigenvalue weighted by atomic mass is 10.0. The molecule has 4 amide bonds. The Labute approximate surface area is 318 Å². The van der Waals surface area contributed by atoms with Crippen LogP contribution in [0.5, 0.6) is 11.5 Å². The molecule has 18 heteroatoms. The van der Waals surface area contributed by atoms with Crippen molar-refractivity contribution < 1.29 is 55.3 Å². The van der Waals surface area contributed by atoms with Gasteiger partial charge in [-0.1, -0.05) is 12.1 Å². The molecule has 0 aliphatic rings. The van der Waals surface area contributed by atoms with Gasteiger partial charge in [-0.2, -0.15) is 16.8 Å². The van der Waals surface area contributed by atoms with Gasteiger partial charge in [0.25, 0.3) is 32.1 Å². The summed E-state index contributed by atoms with van der Waals surface area (Å²) in [5.74, 6) is -4.02. The highest BCUT2D eigenvalue weighted by Gasteiger charge is 2.21. The molecule has 16 nitrogen and oxygen atoms in total. The van der Waals surface area contributed by atoms with Crippen molar-refractivity contribution in [3.8, 4) is 11.5 Å². The minimum Gasteiger partial charge on any atom is -0.507 e. The zero-order valence-corrected chi connectivity index (χ0v) is 30.7. The van der Waals surface area contributed by atoms with Gasteiger partial charge in [0, 0.05) is 55.4 Å². The summed E-state index contributed by atoms with van der Waals surface area (Å²) in [6.45, 7) is 3.23. The van der Waals surface area contributed by atoms with Crippen molar-refractivity contribution in [1.82, 2.24) is 0 Å². The third kappa shape index (κ3) is 8.12. The minimum atomic E-state index is -4.60. The molecule has 286 valence electrons. The van der Waals surface area contributed by atoms with Gasteiger partial charge in [-0.3, -0.25) is 28.3 Å². The second kappa shape index (κ2) is 14.8. The molecule has 0 heterocycles. The van der Waals surface area contributed by atoms with Crippen LogP contribution >= 0.6 is 0 Å². The van der Waals surface area contributed by atoms with Crippen molar-refractivity contribution in [3.05, 3.63) is 119 Å². The maximum Gasteiger partial charge on any atom is 0.314 e. The first-order valence-corrected chi connectivity index (χ1v) is 19.1. The molecular weight excluding hydrogens is 769 g/mol. The fourth-order valence-electron chi connectivity index (χ4n) is 5.81. The fraction of sp³-hybridized carbons (Fsp3) is 0.0526. The number of aromatic hydroxyl groups is 2. The Hall–Kier alpha value is -6.86. The number of anilines is 4. The van der Waals surface area contributed by atoms with Gasteiger partial charge in [0.05, 0.1) is 9.79 Å². The standard InChI is InChI=1S/C38H30N4O12S2/c1-19-3-5-21(15-27(19)35(45)41-31-11-13-33(43)25-9-7-23(17-29(25)31)55(49,50)51)39-37(47)38(48)40-22-6-4-20(2)28(16-22)36(46)42-32-12-14-34(44)26-10-8-24(18-30(26)32)56(52,53)54/h3-18,43-44H,1-2H3,(H,39,47)(H,40,48)(H,41,45)(H,42,46)(H,49,50,51)(H,52,53,54). The van der Waals surface area contributed by atoms with Crippen LogP contribution in [0.25, 0.3) is 21.5 Å². The summed E-state index contributed by atoms with van der Waals surface area (Å²) in [5.41, 5.74) is 1.42. The molecule has 0 spiro atoms. The zero-order valence-electron chi connectivity index (χ0n) is 29.1. The van der Waals surface area contributed by atoms with Gasteiger partial charge < -0.3 is 31.5 Å². The monoisotopic (exact) mass is 798 g/mol. The van der Waals surface area contributed by atoms with E-state index >= 15 is 0 Å². The van der Waals surface area contributed by atoms with E-state index in [9.17, 15) is 55.3 Å². The largest absolute Gasteiger partial charge is 0.507 e. The summed E-state index contributed by atoms with van der Waals surface area (Å²) < 4.78 is 65.9. The number of fused-ring (bicyclic) bond motifs is 2. The van der Waals surface area contributed by atoms with Crippen molar-refractivity contribution in [2.75, 3.05) is 21.3 Å². The van der Waals surface area contributed by atoms with E-state index in [1.54, 1.807) is 13.8 Å². The van der Waals surface area contributed by atoms with Crippen LogP contribution < -0.4 is 21.3 Å². The number of phenols is 2. The normalized spacial score (nSPS) is 11.6. The Bertz CT molecular complexity index is 2700. The highest BCUT2D eigenvalue weighted by atomic mass is 32.2. The number of nitrogens with one attached hydrogen (secondary N) is 4. The quantitative estimate of drug-likeness (QED) is 0.0532. The van der Waals surface area contributed by atoms with Gasteiger partial charge in [0.1, 0.15) is 11.5 Å². The molecule has 6 aromatic rings. The number of carbonyl (C=O) groups is 4. The molecule has 56 heavy (non-hydrogen) atoms. The molecule has 6 aromatic carbocycles. The van der Waals surface area contributed by atoms with Crippen molar-refractivity contribution in [3.63, 3.8) is 0 Å². The summed E-state index contributed by atoms with van der Waals surface area (Å²) in [6, 6.07) is 20.7. The maximum atomic E-state index is 13.4. The van der Waals surface area contributed by atoms with Gasteiger partial charge >= 0.3 is 11.8 Å². The predicted molar refractivity (Wildman–Crippen MR) is 206 cm³/mol. The van der Waals surface area contributed by atoms with E-state index in [4.69, 9.17) is 0 Å². The lowest BCUT2D eigenvalue weighted by Crippen LogP contribution is -2.29. The van der Waals surface area contributed by atoms with Crippen molar-refractivity contribution in [2.45, 2.75) is 23.6 Å². The molecule has 0 atom stereocenters. The van der Waals surface area contributed by atoms with E-state index in [0.717, 1.165) is 24.3 Å². The lowest BCUT2D eigenvalue weighted by Gasteiger charge is -2.14. The van der Waals surface area contributed by atoms with Gasteiger partial charge in [0.15, 0.2) is 0 Å². The van der Waals surface area contributed by atoms with Crippen LogP contribution in [0, 0.1) is 13.8 Å². The molecule has 0 fully saturated rings. The Morgan fingerprint density at radius 1 is 0.464 bits per heavy atom. The van der Waals surface area contributed by atoms with Gasteiger partial charge in [-0.05, 0) is 110 Å². The SMILES string of the molecule is Cc1ccc(NC(=O)C(=O)Nc2ccc(C)c(C(=O)Nc3ccc(O)c4ccc(S(=O)(=O)O)cc34)c2)cc1C(=O)Nc1ccc(O)c2ccc(S(=O)(=O)O)cc12. The van der Waals surface area contributed by atoms with Gasteiger partial charge in [0.2, 0.25) is 0 Å². The van der Waals surface area contributed by atoms with E-state index in [1.807, 2.05) is 0 Å². The second-order valence-electron chi connectivity index (χ2n) is 12.5. The molecule has 8 N–H and O–H groups in total. The van der Waals surface area contributed by atoms with Crippen LogP contribution in [-0.4, -0.2) is 59.8 Å². The summed E-state index contributed by atoms with van der Waals surface area (Å²) in [6.07, 6.45) is 0. The molecule has 0 saturated carbocycles. The Kier molecular flexibility index (Phi) is 10.2. The second-order valence-corrected chi connectivity index (χ2v) is 15.3. The molecular formula is C38H30N4O12S2. The molecule has 0 saturated heterocycles. The summed E-state index contributed by atoms with van der Waals surface area (Å²) in [4.78, 5) is 51.8. The van der Waals surface area contributed by atoms with Gasteiger partial charge in [-0.25, -0.2) is 0 Å². The van der Waals surface area contributed by atoms with Crippen LogP contribution in [0.1, 0.15) is 31.8 Å². The maximum absolute atomic E-state index is 13.4. The minimum absolute atomic E-state index is 0.0624. The lowest BCUT2D eigenvalue weighted by molar-refractivity contribution is -0.132. The summed E-state index contributed by atoms with van der Waals surface area (Å²) >= 11 is 0. The summed E-state index contributed by atoms with van der Waals surface area (Å²) in [7, 11) is -9.20. The number of hydrogen-bond acceptors (Lipinski definition) is 10. The van der Waals surface area contributed by atoms with E-state index in [1.165, 1.54) is 72.8 Å². The van der Waals surface area contributed by atoms with E-state index in [0.29, 0.717) is 11.1 Å². The molecule has 6 rings (SSSR count). The number of phenolic OH excluding ortho intramolecular Hbond substituents is 2. The highest BCUT2D eigenvalue weighted by Crippen LogP contribution is 2.35. The smallest absolute Gasteiger partial charge is 0.314 e. The number of hydrogen-bond donors (Lipinski definition) is 8. The number of carbonyl (C=O) groups excluding carboxylic acids is 4. The average Bonchev–Trinajstić information content (AvgIpc) is 3.14. The Balaban J connectivity index is 1.17. The first kappa shape index (κ1) is 38.9. The predicted octanol–water partition coefficient (Wildman–Crippen LogP) is 5.60. The molecule has 0 aromatic heterocycles.